The van der Waals surface area contributed by atoms with Crippen molar-refractivity contribution in [3.8, 4) is 0 Å². The van der Waals surface area contributed by atoms with Gasteiger partial charge in [0.1, 0.15) is 5.78 Å². The molecule has 0 spiro atoms. The van der Waals surface area contributed by atoms with E-state index in [2.05, 4.69) is 6.58 Å². The molecule has 0 radical (unpaired) electrons. The van der Waals surface area contributed by atoms with Gasteiger partial charge >= 0.3 is 0 Å². The highest BCUT2D eigenvalue weighted by Gasteiger charge is 2.06. The predicted molar refractivity (Wildman–Crippen MR) is 51.9 cm³/mol. The zero-order valence-corrected chi connectivity index (χ0v) is 8.10. The molecular weight excluding hydrogens is 150 g/mol. The Hall–Kier alpha value is -0.630. The molecule has 1 unspecified atom stereocenters. The second-order valence-electron chi connectivity index (χ2n) is 3.37. The Kier molecular flexibility index (Phi) is 5.64. The number of allylic oxidation sites excluding steroid dienone is 1. The van der Waals surface area contributed by atoms with Gasteiger partial charge in [-0.05, 0) is 19.8 Å². The number of hydrogen-bond acceptors (Lipinski definition) is 2. The minimum atomic E-state index is 0.0441. The molecule has 0 bridgehead atoms. The molecule has 0 aromatic carbocycles. The minimum absolute atomic E-state index is 0.0441. The Morgan fingerprint density at radius 1 is 1.50 bits per heavy atom. The van der Waals surface area contributed by atoms with E-state index < -0.39 is 0 Å². The Labute approximate surface area is 74.8 Å². The van der Waals surface area contributed by atoms with Crippen LogP contribution in [0.1, 0.15) is 39.5 Å². The number of rotatable bonds is 6. The Bertz CT molecular complexity index is 163. The van der Waals surface area contributed by atoms with Crippen LogP contribution in [0, 0.1) is 0 Å². The average molecular weight is 169 g/mol. The average Bonchev–Trinajstić information content (AvgIpc) is 2.00. The minimum Gasteiger partial charge on any atom is -0.327 e. The van der Waals surface area contributed by atoms with Crippen molar-refractivity contribution in [2.75, 3.05) is 0 Å². The van der Waals surface area contributed by atoms with E-state index in [1.807, 2.05) is 13.8 Å². The van der Waals surface area contributed by atoms with Gasteiger partial charge in [0.05, 0.1) is 0 Å². The molecule has 0 rings (SSSR count). The second-order valence-corrected chi connectivity index (χ2v) is 3.37. The second kappa shape index (κ2) is 5.95. The molecule has 2 nitrogen and oxygen atoms in total. The number of carbonyl (C=O) groups is 1. The smallest absolute Gasteiger partial charge is 0.134 e. The molecule has 0 saturated carbocycles. The van der Waals surface area contributed by atoms with Crippen molar-refractivity contribution in [2.24, 2.45) is 5.73 Å². The molecule has 0 aromatic rings. The molecule has 2 N–H and O–H groups in total. The van der Waals surface area contributed by atoms with E-state index in [-0.39, 0.29) is 11.8 Å². The van der Waals surface area contributed by atoms with Crippen molar-refractivity contribution in [1.82, 2.24) is 0 Å². The summed E-state index contributed by atoms with van der Waals surface area (Å²) in [4.78, 5) is 11.2. The lowest BCUT2D eigenvalue weighted by atomic mass is 10.0. The third-order valence-electron chi connectivity index (χ3n) is 1.84. The van der Waals surface area contributed by atoms with Crippen LogP contribution in [0.2, 0.25) is 0 Å². The molecule has 0 aliphatic carbocycles. The highest BCUT2D eigenvalue weighted by molar-refractivity contribution is 5.79. The largest absolute Gasteiger partial charge is 0.327 e. The predicted octanol–water partition coefficient (Wildman–Crippen LogP) is 2.04. The monoisotopic (exact) mass is 169 g/mol. The standard InChI is InChI=1S/C10H19NO/c1-4-9(11)7-10(12)6-5-8(2)3/h9H,2,4-7,11H2,1,3H3. The summed E-state index contributed by atoms with van der Waals surface area (Å²) in [5, 5.41) is 0. The maximum absolute atomic E-state index is 11.2. The Balaban J connectivity index is 3.53. The first-order valence-corrected chi connectivity index (χ1v) is 4.48. The van der Waals surface area contributed by atoms with Crippen molar-refractivity contribution in [3.63, 3.8) is 0 Å². The number of nitrogens with two attached hydrogens (primary N) is 1. The Morgan fingerprint density at radius 2 is 2.08 bits per heavy atom. The maximum atomic E-state index is 11.2. The van der Waals surface area contributed by atoms with Crippen molar-refractivity contribution in [2.45, 2.75) is 45.6 Å². The molecule has 0 aromatic heterocycles. The summed E-state index contributed by atoms with van der Waals surface area (Å²) in [6.45, 7) is 7.68. The van der Waals surface area contributed by atoms with Crippen molar-refractivity contribution in [1.29, 1.82) is 0 Å². The summed E-state index contributed by atoms with van der Waals surface area (Å²) in [7, 11) is 0. The van der Waals surface area contributed by atoms with Crippen molar-refractivity contribution >= 4 is 5.78 Å². The summed E-state index contributed by atoms with van der Waals surface area (Å²) in [6.07, 6.45) is 2.79. The molecule has 0 heterocycles. The van der Waals surface area contributed by atoms with Gasteiger partial charge in [-0.3, -0.25) is 4.79 Å². The van der Waals surface area contributed by atoms with Crippen molar-refractivity contribution in [3.05, 3.63) is 12.2 Å². The number of Topliss-reactive ketones (excluding diaryl/α,β-unsaturated/α-hetero) is 1. The SMILES string of the molecule is C=C(C)CCC(=O)CC(N)CC. The van der Waals surface area contributed by atoms with Crippen LogP contribution in [0.3, 0.4) is 0 Å². The van der Waals surface area contributed by atoms with Gasteiger partial charge in [0, 0.05) is 18.9 Å². The van der Waals surface area contributed by atoms with Crippen LogP contribution in [0.4, 0.5) is 0 Å². The summed E-state index contributed by atoms with van der Waals surface area (Å²) < 4.78 is 0. The highest BCUT2D eigenvalue weighted by Crippen LogP contribution is 2.05. The third-order valence-corrected chi connectivity index (χ3v) is 1.84. The lowest BCUT2D eigenvalue weighted by Gasteiger charge is -2.06. The van der Waals surface area contributed by atoms with Crippen LogP contribution in [-0.4, -0.2) is 11.8 Å². The van der Waals surface area contributed by atoms with Gasteiger partial charge in [-0.25, -0.2) is 0 Å². The molecule has 2 heteroatoms. The van der Waals surface area contributed by atoms with Gasteiger partial charge in [-0.2, -0.15) is 0 Å². The first-order valence-electron chi connectivity index (χ1n) is 4.48. The number of hydrogen-bond donors (Lipinski definition) is 1. The molecule has 12 heavy (non-hydrogen) atoms. The van der Waals surface area contributed by atoms with Gasteiger partial charge in [0.25, 0.3) is 0 Å². The van der Waals surface area contributed by atoms with Crippen LogP contribution in [0.15, 0.2) is 12.2 Å². The lowest BCUT2D eigenvalue weighted by Crippen LogP contribution is -2.22. The number of ketones is 1. The fraction of sp³-hybridized carbons (Fsp3) is 0.700. The molecule has 0 amide bonds. The van der Waals surface area contributed by atoms with Crippen LogP contribution in [0.25, 0.3) is 0 Å². The lowest BCUT2D eigenvalue weighted by molar-refractivity contribution is -0.119. The van der Waals surface area contributed by atoms with Gasteiger partial charge in [-0.1, -0.05) is 12.5 Å². The van der Waals surface area contributed by atoms with Crippen molar-refractivity contribution < 1.29 is 4.79 Å². The van der Waals surface area contributed by atoms with Crippen LogP contribution in [0.5, 0.6) is 0 Å². The van der Waals surface area contributed by atoms with E-state index in [9.17, 15) is 4.79 Å². The number of carbonyl (C=O) groups excluding carboxylic acids is 1. The summed E-state index contributed by atoms with van der Waals surface area (Å²) in [5.41, 5.74) is 6.70. The van der Waals surface area contributed by atoms with E-state index >= 15 is 0 Å². The van der Waals surface area contributed by atoms with Gasteiger partial charge in [0.2, 0.25) is 0 Å². The highest BCUT2D eigenvalue weighted by atomic mass is 16.1. The molecule has 0 aliphatic rings. The topological polar surface area (TPSA) is 43.1 Å². The third kappa shape index (κ3) is 6.10. The van der Waals surface area contributed by atoms with Crippen LogP contribution < -0.4 is 5.73 Å². The normalized spacial score (nSPS) is 12.6. The van der Waals surface area contributed by atoms with E-state index in [1.54, 1.807) is 0 Å². The Morgan fingerprint density at radius 3 is 2.50 bits per heavy atom. The molecular formula is C10H19NO. The molecule has 70 valence electrons. The molecule has 0 aliphatic heterocycles. The van der Waals surface area contributed by atoms with Crippen LogP contribution in [-0.2, 0) is 4.79 Å². The summed E-state index contributed by atoms with van der Waals surface area (Å²) in [6, 6.07) is 0.0441. The first kappa shape index (κ1) is 11.4. The van der Waals surface area contributed by atoms with E-state index in [0.29, 0.717) is 12.8 Å². The molecule has 0 saturated heterocycles. The van der Waals surface area contributed by atoms with E-state index in [4.69, 9.17) is 5.73 Å². The van der Waals surface area contributed by atoms with Crippen LogP contribution >= 0.6 is 0 Å². The first-order chi connectivity index (χ1) is 5.56. The fourth-order valence-electron chi connectivity index (χ4n) is 0.892. The van der Waals surface area contributed by atoms with Gasteiger partial charge in [0.15, 0.2) is 0 Å². The fourth-order valence-corrected chi connectivity index (χ4v) is 0.892. The van der Waals surface area contributed by atoms with E-state index in [1.165, 1.54) is 0 Å². The maximum Gasteiger partial charge on any atom is 0.134 e. The zero-order valence-electron chi connectivity index (χ0n) is 8.10. The molecule has 1 atom stereocenters. The van der Waals surface area contributed by atoms with Gasteiger partial charge < -0.3 is 5.73 Å². The molecule has 0 fully saturated rings. The zero-order chi connectivity index (χ0) is 9.56. The summed E-state index contributed by atoms with van der Waals surface area (Å²) in [5.74, 6) is 0.257. The van der Waals surface area contributed by atoms with E-state index in [0.717, 1.165) is 18.4 Å². The van der Waals surface area contributed by atoms with Gasteiger partial charge in [-0.15, -0.1) is 6.58 Å². The quantitative estimate of drug-likeness (QED) is 0.618. The summed E-state index contributed by atoms with van der Waals surface area (Å²) >= 11 is 0.